The Kier molecular flexibility index (Phi) is 41.7. The van der Waals surface area contributed by atoms with Crippen LogP contribution in [0.15, 0.2) is 0 Å². The second kappa shape index (κ2) is 50.8. The van der Waals surface area contributed by atoms with Crippen molar-refractivity contribution in [3.8, 4) is 0 Å². The van der Waals surface area contributed by atoms with Crippen LogP contribution in [-0.2, 0) is 72.0 Å². The minimum atomic E-state index is -0.944. The number of carbonyl (C=O) groups is 6. The van der Waals surface area contributed by atoms with E-state index in [1.165, 1.54) is 180 Å². The van der Waals surface area contributed by atoms with Crippen molar-refractivity contribution in [3.05, 3.63) is 0 Å². The van der Waals surface area contributed by atoms with Crippen LogP contribution in [0.3, 0.4) is 0 Å². The number of carbonyl (C=O) groups excluding carboxylic acids is 4. The molecule has 0 aromatic heterocycles. The van der Waals surface area contributed by atoms with Gasteiger partial charge in [-0.25, -0.2) is 19.6 Å². The zero-order valence-electron chi connectivity index (χ0n) is 98.6. The average molecular weight is 2080 g/mol. The van der Waals surface area contributed by atoms with Gasteiger partial charge in [-0.15, -0.1) is 0 Å². The zero-order chi connectivity index (χ0) is 108. The van der Waals surface area contributed by atoms with Crippen molar-refractivity contribution in [2.45, 2.75) is 524 Å². The summed E-state index contributed by atoms with van der Waals surface area (Å²) in [6.07, 6.45) is 57.1. The summed E-state index contributed by atoms with van der Waals surface area (Å²) in [7, 11) is 1.57. The van der Waals surface area contributed by atoms with Gasteiger partial charge in [-0.3, -0.25) is 39.3 Å². The first kappa shape index (κ1) is 121. The molecule has 0 radical (unpaired) electrons. The van der Waals surface area contributed by atoms with Crippen LogP contribution in [0.4, 0.5) is 0 Å². The maximum absolute atomic E-state index is 12.8. The summed E-state index contributed by atoms with van der Waals surface area (Å²) in [5.74, 6) is 12.6. The van der Waals surface area contributed by atoms with Gasteiger partial charge < -0.3 is 39.0 Å². The van der Waals surface area contributed by atoms with Crippen molar-refractivity contribution < 1.29 is 97.8 Å². The molecule has 0 aromatic rings. The number of rotatable bonds is 39. The molecule has 852 valence electrons. The van der Waals surface area contributed by atoms with E-state index in [1.54, 1.807) is 34.8 Å². The second-order valence-corrected chi connectivity index (χ2v) is 57.4. The van der Waals surface area contributed by atoms with Crippen LogP contribution in [-0.4, -0.2) is 131 Å². The molecule has 0 aliphatic heterocycles. The first-order valence-electron chi connectivity index (χ1n) is 62.2. The normalized spacial score (nSPS) is 41.9. The average Bonchev–Trinajstić information content (AvgIpc) is 1.51. The number of aliphatic hydroxyl groups excluding tert-OH is 1. The van der Waals surface area contributed by atoms with Crippen LogP contribution < -0.4 is 0 Å². The van der Waals surface area contributed by atoms with Gasteiger partial charge in [0.25, 0.3) is 0 Å². The number of ether oxygens (including phenoxy) is 5. The number of aliphatic carboxylic acids is 2. The van der Waals surface area contributed by atoms with Crippen LogP contribution in [0.5, 0.6) is 0 Å². The molecule has 20 nitrogen and oxygen atoms in total. The highest BCUT2D eigenvalue weighted by molar-refractivity contribution is 5.81. The standard InChI is InChI=1S/C34H60O5.C33H56O4.C31H54O5.C30H50O6/c1-9-32(5,6)31(35)38-25-17-19-33(7)24(21-25)12-13-26-28-15-14-27(34(28,8)20-18-29(26)33)22(3)11-16-30(39-36)23(4)37-10-2;1-7-8-9-10-11-21(2)27-14-15-28-26-13-12-24-20-25(37-31(36)23(4)22(3)30(34)35)16-18-32(24,5)29(26)17-19-33(27,28)6;1-8-29(3,4)28(33)36-22-15-16-30(5)21(18-22)11-12-23-25-14-13-24(20(2)10-9-17-35-34-7)31(25,6)27(32)19-26(23)30;1-18(7-6-16-35-34)24-10-11-25-23-9-8-21-17-22(36-28(33)20(3)19(2)27(31)32)12-14-29(21,4)26(23)13-15-30(24,25)5/h22-30,36H,9-21H2,1-8H3;21-29H,7-20H2,1-6H3,(H,34,35);20-27,32H,8-19H2,1-7H3;18-26,34H,6-17H2,1-5H3,(H,31,32). The molecule has 16 saturated carbocycles. The van der Waals surface area contributed by atoms with Crippen LogP contribution in [0.25, 0.3) is 0 Å². The Morgan fingerprint density at radius 2 is 0.676 bits per heavy atom. The molecular weight excluding hydrogens is 1860 g/mol. The van der Waals surface area contributed by atoms with E-state index in [9.17, 15) is 49.3 Å². The van der Waals surface area contributed by atoms with Crippen molar-refractivity contribution in [2.75, 3.05) is 26.9 Å². The summed E-state index contributed by atoms with van der Waals surface area (Å²) < 4.78 is 29.7. The smallest absolute Gasteiger partial charge is 0.311 e. The van der Waals surface area contributed by atoms with Gasteiger partial charge in [-0.1, -0.05) is 164 Å². The van der Waals surface area contributed by atoms with Crippen LogP contribution >= 0.6 is 0 Å². The topological polar surface area (TPSA) is 287 Å². The predicted octanol–water partition coefficient (Wildman–Crippen LogP) is 31.0. The molecule has 16 fully saturated rings. The molecule has 5 N–H and O–H groups in total. The zero-order valence-corrected chi connectivity index (χ0v) is 98.6. The van der Waals surface area contributed by atoms with Gasteiger partial charge in [-0.2, -0.15) is 0 Å². The van der Waals surface area contributed by atoms with E-state index in [0.29, 0.717) is 111 Å². The van der Waals surface area contributed by atoms with Crippen molar-refractivity contribution >= 4 is 35.8 Å². The molecule has 43 atom stereocenters. The molecular formula is C128H220O20. The number of carboxylic acid groups (broad SMARTS) is 2. The summed E-state index contributed by atoms with van der Waals surface area (Å²) in [6, 6.07) is 0. The van der Waals surface area contributed by atoms with E-state index < -0.39 is 41.0 Å². The maximum Gasteiger partial charge on any atom is 0.311 e. The molecule has 0 bridgehead atoms. The monoisotopic (exact) mass is 2080 g/mol. The highest BCUT2D eigenvalue weighted by Gasteiger charge is 2.68. The van der Waals surface area contributed by atoms with Gasteiger partial charge in [0.2, 0.25) is 0 Å². The minimum absolute atomic E-state index is 0.00365. The molecule has 43 unspecified atom stereocenters. The highest BCUT2D eigenvalue weighted by Crippen LogP contribution is 2.75. The Morgan fingerprint density at radius 1 is 0.345 bits per heavy atom. The molecule has 0 amide bonds. The lowest BCUT2D eigenvalue weighted by Gasteiger charge is -2.62. The number of aliphatic hydroxyl groups is 1. The molecule has 148 heavy (non-hydrogen) atoms. The largest absolute Gasteiger partial charge is 0.481 e. The van der Waals surface area contributed by atoms with Gasteiger partial charge in [0.1, 0.15) is 30.5 Å². The van der Waals surface area contributed by atoms with Gasteiger partial charge in [-0.05, 0) is 503 Å². The van der Waals surface area contributed by atoms with Crippen LogP contribution in [0.2, 0.25) is 0 Å². The van der Waals surface area contributed by atoms with Crippen molar-refractivity contribution in [1.82, 2.24) is 0 Å². The third-order valence-corrected chi connectivity index (χ3v) is 50.0. The van der Waals surface area contributed by atoms with Gasteiger partial charge in [0, 0.05) is 6.61 Å². The molecule has 20 heteroatoms. The third-order valence-electron chi connectivity index (χ3n) is 50.0. The van der Waals surface area contributed by atoms with Crippen molar-refractivity contribution in [2.24, 2.45) is 220 Å². The molecule has 16 aliphatic rings. The molecule has 0 spiro atoms. The van der Waals surface area contributed by atoms with E-state index in [2.05, 4.69) is 109 Å². The highest BCUT2D eigenvalue weighted by atomic mass is 17.2. The number of esters is 4. The summed E-state index contributed by atoms with van der Waals surface area (Å²) in [5.41, 5.74) is 2.03. The van der Waals surface area contributed by atoms with Crippen molar-refractivity contribution in [3.63, 3.8) is 0 Å². The Labute approximate surface area is 899 Å². The van der Waals surface area contributed by atoms with Gasteiger partial charge in [0.15, 0.2) is 0 Å². The fourth-order valence-corrected chi connectivity index (χ4v) is 39.3. The number of hydrogen-bond acceptors (Lipinski definition) is 18. The van der Waals surface area contributed by atoms with E-state index in [1.807, 2.05) is 41.5 Å². The quantitative estimate of drug-likeness (QED) is 0.0126. The number of hydrogen-bond donors (Lipinski definition) is 5. The minimum Gasteiger partial charge on any atom is -0.481 e. The van der Waals surface area contributed by atoms with E-state index >= 15 is 0 Å². The summed E-state index contributed by atoms with van der Waals surface area (Å²) in [6.45, 7) is 57.1. The lowest BCUT2D eigenvalue weighted by molar-refractivity contribution is -0.300. The van der Waals surface area contributed by atoms with E-state index in [0.717, 1.165) is 211 Å². The van der Waals surface area contributed by atoms with Crippen LogP contribution in [0.1, 0.15) is 481 Å². The molecule has 0 saturated heterocycles. The second-order valence-electron chi connectivity index (χ2n) is 57.4. The third kappa shape index (κ3) is 25.0. The summed E-state index contributed by atoms with van der Waals surface area (Å²) in [4.78, 5) is 92.5. The molecule has 16 rings (SSSR count). The number of carboxylic acids is 2. The lowest BCUT2D eigenvalue weighted by Crippen LogP contribution is -2.59. The van der Waals surface area contributed by atoms with E-state index in [4.69, 9.17) is 43.6 Å². The fourth-order valence-electron chi connectivity index (χ4n) is 39.3. The van der Waals surface area contributed by atoms with Crippen LogP contribution in [0, 0.1) is 220 Å². The Hall–Kier alpha value is -3.50. The number of unbranched alkanes of at least 4 members (excludes halogenated alkanes) is 3. The summed E-state index contributed by atoms with van der Waals surface area (Å²) in [5, 5.41) is 48.5. The summed E-state index contributed by atoms with van der Waals surface area (Å²) >= 11 is 0. The Bertz CT molecular complexity index is 4240. The maximum atomic E-state index is 12.8. The number of fused-ring (bicyclic) bond motifs is 20. The lowest BCUT2D eigenvalue weighted by atomic mass is 9.43. The molecule has 0 aromatic carbocycles. The SMILES string of the molecule is CC(CCCOO)C1CCC2C3CCC4CC(OC(=O)C(C)C(C)C(=O)O)CCC4(C)C3CCC12C.CCC(C)(C)C(=O)OC1CCC2(C)C(CCC3C2CC(O)C2(C)C(C(C)CCCOOC)CCC32)C1.CCCCCCC(C)C1CCC2C3CCC4CC(OC(=O)C(C)C(C)C(=O)O)CCC4(C)C3CCC12C.CCOC(C)C(CCC(C)C1CCC2C3CCC4CC(OC(=O)C(C)(C)CC)CCC4(C)C3CCC12C)OO. The first-order chi connectivity index (χ1) is 69.9. The molecule has 0 heterocycles. The predicted molar refractivity (Wildman–Crippen MR) is 585 cm³/mol. The Morgan fingerprint density at radius 3 is 1.03 bits per heavy atom. The Balaban J connectivity index is 0.000000165. The van der Waals surface area contributed by atoms with Gasteiger partial charge >= 0.3 is 35.8 Å². The van der Waals surface area contributed by atoms with Gasteiger partial charge in [0.05, 0.1) is 67.0 Å². The first-order valence-corrected chi connectivity index (χ1v) is 62.2. The van der Waals surface area contributed by atoms with Crippen molar-refractivity contribution in [1.29, 1.82) is 0 Å². The fraction of sp³-hybridized carbons (Fsp3) is 0.953. The van der Waals surface area contributed by atoms with E-state index in [-0.39, 0.29) is 82.8 Å². The molecule has 16 aliphatic carbocycles.